The van der Waals surface area contributed by atoms with Gasteiger partial charge in [0, 0.05) is 6.04 Å². The Morgan fingerprint density at radius 3 is 2.79 bits per heavy atom. The molecule has 5 heteroatoms. The average molecular weight is 308 g/mol. The van der Waals surface area contributed by atoms with Gasteiger partial charge < -0.3 is 9.30 Å². The van der Waals surface area contributed by atoms with Crippen molar-refractivity contribution in [1.82, 2.24) is 9.55 Å². The van der Waals surface area contributed by atoms with E-state index < -0.39 is 0 Å². The zero-order valence-corrected chi connectivity index (χ0v) is 10.6. The van der Waals surface area contributed by atoms with Gasteiger partial charge in [0.1, 0.15) is 3.70 Å². The van der Waals surface area contributed by atoms with Gasteiger partial charge in [-0.3, -0.25) is 0 Å². The molecule has 0 bridgehead atoms. The zero-order chi connectivity index (χ0) is 10.7. The highest BCUT2D eigenvalue weighted by molar-refractivity contribution is 14.1. The second kappa shape index (κ2) is 4.77. The van der Waals surface area contributed by atoms with Crippen LogP contribution in [0.4, 0.5) is 0 Å². The predicted octanol–water partition coefficient (Wildman–Crippen LogP) is 2.25. The topological polar surface area (TPSA) is 44.1 Å². The number of aromatic nitrogens is 2. The summed E-state index contributed by atoms with van der Waals surface area (Å²) in [5.74, 6) is -0.351. The summed E-state index contributed by atoms with van der Waals surface area (Å²) in [6.07, 6.45) is 1.67. The van der Waals surface area contributed by atoms with Crippen molar-refractivity contribution in [2.45, 2.75) is 26.8 Å². The second-order valence-corrected chi connectivity index (χ2v) is 4.13. The molecule has 1 aromatic heterocycles. The molecule has 1 aromatic rings. The van der Waals surface area contributed by atoms with E-state index in [1.807, 2.05) is 18.4 Å². The van der Waals surface area contributed by atoms with E-state index in [1.165, 1.54) is 0 Å². The molecule has 0 aliphatic carbocycles. The van der Waals surface area contributed by atoms with Crippen LogP contribution in [0.1, 0.15) is 37.3 Å². The third kappa shape index (κ3) is 2.26. The standard InChI is InChI=1S/C9H13IN2O2/c1-4-14-9(13)7-8(10)12(5-11-7)6(2)3/h5-6H,4H2,1-3H3. The monoisotopic (exact) mass is 308 g/mol. The molecular formula is C9H13IN2O2. The van der Waals surface area contributed by atoms with Gasteiger partial charge in [-0.05, 0) is 43.4 Å². The van der Waals surface area contributed by atoms with Crippen LogP contribution in [-0.2, 0) is 4.74 Å². The fourth-order valence-electron chi connectivity index (χ4n) is 1.04. The minimum Gasteiger partial charge on any atom is -0.461 e. The van der Waals surface area contributed by atoms with Crippen LogP contribution in [0.5, 0.6) is 0 Å². The summed E-state index contributed by atoms with van der Waals surface area (Å²) in [5, 5.41) is 0. The van der Waals surface area contributed by atoms with Crippen molar-refractivity contribution in [2.75, 3.05) is 6.61 Å². The van der Waals surface area contributed by atoms with E-state index in [9.17, 15) is 4.79 Å². The Morgan fingerprint density at radius 2 is 2.36 bits per heavy atom. The van der Waals surface area contributed by atoms with E-state index in [1.54, 1.807) is 13.3 Å². The first-order valence-corrected chi connectivity index (χ1v) is 5.55. The maximum Gasteiger partial charge on any atom is 0.359 e. The Labute approximate surface area is 96.8 Å². The van der Waals surface area contributed by atoms with E-state index in [2.05, 4.69) is 27.6 Å². The largest absolute Gasteiger partial charge is 0.461 e. The maximum absolute atomic E-state index is 11.4. The lowest BCUT2D eigenvalue weighted by Crippen LogP contribution is -2.09. The molecule has 0 aromatic carbocycles. The summed E-state index contributed by atoms with van der Waals surface area (Å²) in [5.41, 5.74) is 0.404. The van der Waals surface area contributed by atoms with Crippen molar-refractivity contribution in [3.8, 4) is 0 Å². The molecule has 0 saturated heterocycles. The highest BCUT2D eigenvalue weighted by atomic mass is 127. The van der Waals surface area contributed by atoms with Crippen LogP contribution in [0.2, 0.25) is 0 Å². The first-order chi connectivity index (χ1) is 6.57. The SMILES string of the molecule is CCOC(=O)c1ncn(C(C)C)c1I. The lowest BCUT2D eigenvalue weighted by molar-refractivity contribution is 0.0518. The van der Waals surface area contributed by atoms with Crippen LogP contribution in [-0.4, -0.2) is 22.1 Å². The number of hydrogen-bond acceptors (Lipinski definition) is 3. The molecule has 0 N–H and O–H groups in total. The van der Waals surface area contributed by atoms with Gasteiger partial charge in [0.25, 0.3) is 0 Å². The van der Waals surface area contributed by atoms with E-state index in [-0.39, 0.29) is 5.97 Å². The Bertz CT molecular complexity index is 334. The summed E-state index contributed by atoms with van der Waals surface area (Å²) in [6, 6.07) is 0.303. The molecule has 0 aliphatic rings. The van der Waals surface area contributed by atoms with Crippen LogP contribution in [0, 0.1) is 3.70 Å². The Hall–Kier alpha value is -0.590. The van der Waals surface area contributed by atoms with Gasteiger partial charge in [0.05, 0.1) is 12.9 Å². The molecule has 0 amide bonds. The fraction of sp³-hybridized carbons (Fsp3) is 0.556. The van der Waals surface area contributed by atoms with Crippen LogP contribution in [0.3, 0.4) is 0 Å². The molecule has 14 heavy (non-hydrogen) atoms. The van der Waals surface area contributed by atoms with Crippen LogP contribution >= 0.6 is 22.6 Å². The number of nitrogens with zero attached hydrogens (tertiary/aromatic N) is 2. The smallest absolute Gasteiger partial charge is 0.359 e. The highest BCUT2D eigenvalue weighted by Crippen LogP contribution is 2.16. The van der Waals surface area contributed by atoms with Gasteiger partial charge in [0.2, 0.25) is 0 Å². The molecule has 0 saturated carbocycles. The van der Waals surface area contributed by atoms with Gasteiger partial charge in [0.15, 0.2) is 5.69 Å². The van der Waals surface area contributed by atoms with Gasteiger partial charge in [-0.1, -0.05) is 0 Å². The molecule has 0 atom stereocenters. The van der Waals surface area contributed by atoms with Crippen LogP contribution in [0.15, 0.2) is 6.33 Å². The van der Waals surface area contributed by atoms with Crippen molar-refractivity contribution in [3.05, 3.63) is 15.7 Å². The summed E-state index contributed by atoms with van der Waals surface area (Å²) in [6.45, 7) is 6.24. The van der Waals surface area contributed by atoms with Crippen LogP contribution < -0.4 is 0 Å². The maximum atomic E-state index is 11.4. The zero-order valence-electron chi connectivity index (χ0n) is 8.45. The lowest BCUT2D eigenvalue weighted by atomic mass is 10.4. The summed E-state index contributed by atoms with van der Waals surface area (Å²) in [7, 11) is 0. The highest BCUT2D eigenvalue weighted by Gasteiger charge is 2.17. The first kappa shape index (κ1) is 11.5. The Morgan fingerprint density at radius 1 is 1.71 bits per heavy atom. The fourth-order valence-corrected chi connectivity index (χ4v) is 2.08. The molecule has 0 spiro atoms. The molecule has 0 unspecified atom stereocenters. The third-order valence-electron chi connectivity index (χ3n) is 1.76. The molecule has 78 valence electrons. The second-order valence-electron chi connectivity index (χ2n) is 3.11. The number of hydrogen-bond donors (Lipinski definition) is 0. The molecular weight excluding hydrogens is 295 g/mol. The first-order valence-electron chi connectivity index (χ1n) is 4.47. The lowest BCUT2D eigenvalue weighted by Gasteiger charge is -2.07. The average Bonchev–Trinajstić information content (AvgIpc) is 2.47. The normalized spacial score (nSPS) is 10.6. The predicted molar refractivity (Wildman–Crippen MR) is 61.3 cm³/mol. The van der Waals surface area contributed by atoms with Gasteiger partial charge in [-0.2, -0.15) is 0 Å². The van der Waals surface area contributed by atoms with Gasteiger partial charge >= 0.3 is 5.97 Å². The van der Waals surface area contributed by atoms with Crippen molar-refractivity contribution in [1.29, 1.82) is 0 Å². The van der Waals surface area contributed by atoms with Gasteiger partial charge in [-0.15, -0.1) is 0 Å². The molecule has 4 nitrogen and oxygen atoms in total. The number of imidazole rings is 1. The van der Waals surface area contributed by atoms with Crippen molar-refractivity contribution in [3.63, 3.8) is 0 Å². The quantitative estimate of drug-likeness (QED) is 0.635. The summed E-state index contributed by atoms with van der Waals surface area (Å²) in [4.78, 5) is 15.4. The molecule has 1 rings (SSSR count). The minimum absolute atomic E-state index is 0.303. The van der Waals surface area contributed by atoms with E-state index in [0.717, 1.165) is 3.70 Å². The Kier molecular flexibility index (Phi) is 3.91. The number of ether oxygens (including phenoxy) is 1. The number of carbonyl (C=O) groups is 1. The molecule has 0 radical (unpaired) electrons. The van der Waals surface area contributed by atoms with Crippen molar-refractivity contribution in [2.24, 2.45) is 0 Å². The summed E-state index contributed by atoms with van der Waals surface area (Å²) < 4.78 is 7.65. The number of rotatable bonds is 3. The minimum atomic E-state index is -0.351. The number of carbonyl (C=O) groups excluding carboxylic acids is 1. The van der Waals surface area contributed by atoms with Crippen molar-refractivity contribution >= 4 is 28.6 Å². The van der Waals surface area contributed by atoms with E-state index in [0.29, 0.717) is 18.3 Å². The summed E-state index contributed by atoms with van der Waals surface area (Å²) >= 11 is 2.11. The van der Waals surface area contributed by atoms with Crippen LogP contribution in [0.25, 0.3) is 0 Å². The molecule has 0 aliphatic heterocycles. The van der Waals surface area contributed by atoms with E-state index >= 15 is 0 Å². The van der Waals surface area contributed by atoms with Gasteiger partial charge in [-0.25, -0.2) is 9.78 Å². The molecule has 0 fully saturated rings. The third-order valence-corrected chi connectivity index (χ3v) is 2.83. The Balaban J connectivity index is 2.95. The number of halogens is 1. The number of esters is 1. The molecule has 1 heterocycles. The van der Waals surface area contributed by atoms with E-state index in [4.69, 9.17) is 4.74 Å². The van der Waals surface area contributed by atoms with Crippen molar-refractivity contribution < 1.29 is 9.53 Å².